The molecule has 1 saturated heterocycles. The van der Waals surface area contributed by atoms with Crippen molar-refractivity contribution >= 4 is 23.5 Å². The zero-order valence-corrected chi connectivity index (χ0v) is 20.2. The van der Waals surface area contributed by atoms with Gasteiger partial charge < -0.3 is 15.3 Å². The van der Waals surface area contributed by atoms with E-state index in [1.165, 1.54) is 23.9 Å². The monoisotopic (exact) mass is 505 g/mol. The molecule has 0 saturated carbocycles. The first-order chi connectivity index (χ1) is 17.4. The number of nitrogens with zero attached hydrogens (tertiary/aromatic N) is 4. The van der Waals surface area contributed by atoms with Crippen LogP contribution in [0.15, 0.2) is 60.8 Å². The van der Waals surface area contributed by atoms with Gasteiger partial charge in [0.15, 0.2) is 0 Å². The molecule has 36 heavy (non-hydrogen) atoms. The lowest BCUT2D eigenvalue weighted by Crippen LogP contribution is -2.42. The van der Waals surface area contributed by atoms with Crippen molar-refractivity contribution in [2.75, 3.05) is 18.0 Å². The summed E-state index contributed by atoms with van der Waals surface area (Å²) in [4.78, 5) is 21.6. The number of anilines is 1. The molecule has 184 valence electrons. The summed E-state index contributed by atoms with van der Waals surface area (Å²) < 4.78 is 14.1. The summed E-state index contributed by atoms with van der Waals surface area (Å²) in [7, 11) is 0. The Kier molecular flexibility index (Phi) is 8.26. The molecule has 9 heteroatoms. The van der Waals surface area contributed by atoms with Crippen LogP contribution in [0.4, 0.5) is 10.3 Å². The van der Waals surface area contributed by atoms with E-state index in [-0.39, 0.29) is 5.56 Å². The molecule has 0 atom stereocenters. The van der Waals surface area contributed by atoms with Gasteiger partial charge in [0.1, 0.15) is 11.9 Å². The Morgan fingerprint density at radius 2 is 1.94 bits per heavy atom. The fraction of sp³-hybridized carbons (Fsp3) is 0.259. The number of allylic oxidation sites excluding steroid dienone is 1. The minimum Gasteiger partial charge on any atom is -0.478 e. The molecule has 3 aromatic rings. The highest BCUT2D eigenvalue weighted by Crippen LogP contribution is 2.29. The number of carbonyl (C=O) groups is 1. The van der Waals surface area contributed by atoms with E-state index in [0.29, 0.717) is 34.7 Å². The molecule has 0 spiro atoms. The lowest BCUT2D eigenvalue weighted by atomic mass is 10.0. The molecule has 0 radical (unpaired) electrons. The van der Waals surface area contributed by atoms with Gasteiger partial charge in [0.25, 0.3) is 0 Å². The Bertz CT molecular complexity index is 1300. The molecule has 0 bridgehead atoms. The molecule has 1 aliphatic rings. The van der Waals surface area contributed by atoms with Crippen molar-refractivity contribution in [2.24, 2.45) is 0 Å². The second kappa shape index (κ2) is 11.8. The number of carboxylic acids is 1. The van der Waals surface area contributed by atoms with Gasteiger partial charge in [-0.3, -0.25) is 0 Å². The van der Waals surface area contributed by atoms with Gasteiger partial charge in [0.05, 0.1) is 22.5 Å². The van der Waals surface area contributed by atoms with Gasteiger partial charge in [0, 0.05) is 37.3 Å². The summed E-state index contributed by atoms with van der Waals surface area (Å²) in [5.41, 5.74) is 3.15. The van der Waals surface area contributed by atoms with Crippen LogP contribution < -0.4 is 10.2 Å². The molecular weight excluding hydrogens is 481 g/mol. The van der Waals surface area contributed by atoms with Gasteiger partial charge in [-0.25, -0.2) is 19.2 Å². The molecule has 1 aliphatic heterocycles. The molecule has 7 nitrogen and oxygen atoms in total. The lowest BCUT2D eigenvalue weighted by molar-refractivity contribution is -0.131. The summed E-state index contributed by atoms with van der Waals surface area (Å²) >= 11 is 6.30. The number of hydrogen-bond donors (Lipinski definition) is 2. The average Bonchev–Trinajstić information content (AvgIpc) is 2.88. The number of carboxylic acid groups (broad SMARTS) is 1. The summed E-state index contributed by atoms with van der Waals surface area (Å²) in [5, 5.41) is 21.6. The zero-order chi connectivity index (χ0) is 25.5. The van der Waals surface area contributed by atoms with Gasteiger partial charge >= 0.3 is 5.97 Å². The smallest absolute Gasteiger partial charge is 0.327 e. The van der Waals surface area contributed by atoms with E-state index in [9.17, 15) is 9.18 Å². The van der Waals surface area contributed by atoms with Crippen molar-refractivity contribution in [3.8, 4) is 17.3 Å². The number of halogens is 2. The molecule has 4 rings (SSSR count). The maximum absolute atomic E-state index is 14.1. The first kappa shape index (κ1) is 25.3. The predicted molar refractivity (Wildman–Crippen MR) is 136 cm³/mol. The highest BCUT2D eigenvalue weighted by molar-refractivity contribution is 6.32. The highest BCUT2D eigenvalue weighted by Gasteiger charge is 2.22. The number of aliphatic carboxylic acids is 1. The molecule has 0 amide bonds. The van der Waals surface area contributed by atoms with Crippen LogP contribution in [0.2, 0.25) is 5.02 Å². The second-order valence-electron chi connectivity index (χ2n) is 8.58. The van der Waals surface area contributed by atoms with Crippen molar-refractivity contribution in [3.05, 3.63) is 88.3 Å². The molecule has 2 heterocycles. The fourth-order valence-corrected chi connectivity index (χ4v) is 4.30. The maximum Gasteiger partial charge on any atom is 0.327 e. The normalized spacial score (nSPS) is 14.2. The van der Waals surface area contributed by atoms with Crippen LogP contribution in [0.1, 0.15) is 29.5 Å². The zero-order valence-electron chi connectivity index (χ0n) is 19.5. The van der Waals surface area contributed by atoms with Crippen LogP contribution in [-0.2, 0) is 17.8 Å². The van der Waals surface area contributed by atoms with Crippen molar-refractivity contribution < 1.29 is 14.3 Å². The molecule has 0 unspecified atom stereocenters. The SMILES string of the molecule is N#Cc1ccc(-c2nc(N3CCC(NCc4ccc(C/C=C/C(=O)O)cc4)CC3)ncc2Cl)cc1F. The van der Waals surface area contributed by atoms with E-state index >= 15 is 0 Å². The molecule has 0 aliphatic carbocycles. The Morgan fingerprint density at radius 3 is 2.61 bits per heavy atom. The summed E-state index contributed by atoms with van der Waals surface area (Å²) in [5.74, 6) is -1.00. The number of benzene rings is 2. The topological polar surface area (TPSA) is 102 Å². The third-order valence-electron chi connectivity index (χ3n) is 6.10. The predicted octanol–water partition coefficient (Wildman–Crippen LogP) is 4.75. The minimum absolute atomic E-state index is 0.0254. The van der Waals surface area contributed by atoms with Crippen molar-refractivity contribution in [1.29, 1.82) is 5.26 Å². The minimum atomic E-state index is -0.938. The van der Waals surface area contributed by atoms with E-state index in [2.05, 4.69) is 32.3 Å². The van der Waals surface area contributed by atoms with Crippen molar-refractivity contribution in [3.63, 3.8) is 0 Å². The van der Waals surface area contributed by atoms with Gasteiger partial charge in [-0.1, -0.05) is 48.0 Å². The Labute approximate surface area is 213 Å². The number of nitriles is 1. The third-order valence-corrected chi connectivity index (χ3v) is 6.38. The van der Waals surface area contributed by atoms with Gasteiger partial charge in [-0.05, 0) is 42.5 Å². The quantitative estimate of drug-likeness (QED) is 0.426. The lowest BCUT2D eigenvalue weighted by Gasteiger charge is -2.32. The van der Waals surface area contributed by atoms with Crippen LogP contribution in [0.25, 0.3) is 11.3 Å². The molecule has 2 N–H and O–H groups in total. The van der Waals surface area contributed by atoms with E-state index in [1.807, 2.05) is 18.2 Å². The standard InChI is InChI=1S/C27H25ClFN5O2/c28-23-17-32-27(33-26(23)20-8-9-21(15-30)24(29)14-20)34-12-10-22(11-13-34)31-16-19-6-4-18(5-7-19)2-1-3-25(35)36/h1,3-9,14,17,22,31H,2,10-13,16H2,(H,35,36)/b3-1+. The fourth-order valence-electron chi connectivity index (χ4n) is 4.10. The molecule has 1 fully saturated rings. The summed E-state index contributed by atoms with van der Waals surface area (Å²) in [6.45, 7) is 2.30. The first-order valence-electron chi connectivity index (χ1n) is 11.6. The van der Waals surface area contributed by atoms with E-state index < -0.39 is 11.8 Å². The van der Waals surface area contributed by atoms with E-state index in [1.54, 1.807) is 12.1 Å². The molecular formula is C27H25ClFN5O2. The largest absolute Gasteiger partial charge is 0.478 e. The molecule has 2 aromatic carbocycles. The number of aromatic nitrogens is 2. The Hall–Kier alpha value is -3.80. The van der Waals surface area contributed by atoms with Gasteiger partial charge in [-0.2, -0.15) is 5.26 Å². The Balaban J connectivity index is 1.31. The number of rotatable bonds is 8. The summed E-state index contributed by atoms with van der Waals surface area (Å²) in [6.07, 6.45) is 6.76. The summed E-state index contributed by atoms with van der Waals surface area (Å²) in [6, 6.07) is 14.6. The average molecular weight is 506 g/mol. The van der Waals surface area contributed by atoms with Crippen LogP contribution in [-0.4, -0.2) is 40.2 Å². The van der Waals surface area contributed by atoms with E-state index in [4.69, 9.17) is 22.0 Å². The van der Waals surface area contributed by atoms with Gasteiger partial charge in [-0.15, -0.1) is 0 Å². The van der Waals surface area contributed by atoms with Crippen LogP contribution in [0.3, 0.4) is 0 Å². The van der Waals surface area contributed by atoms with Crippen LogP contribution in [0.5, 0.6) is 0 Å². The number of hydrogen-bond acceptors (Lipinski definition) is 6. The van der Waals surface area contributed by atoms with Gasteiger partial charge in [0.2, 0.25) is 5.95 Å². The molecule has 1 aromatic heterocycles. The van der Waals surface area contributed by atoms with Crippen LogP contribution in [0, 0.1) is 17.1 Å². The Morgan fingerprint density at radius 1 is 1.22 bits per heavy atom. The third kappa shape index (κ3) is 6.45. The first-order valence-corrected chi connectivity index (χ1v) is 12.0. The number of nitrogens with one attached hydrogen (secondary N) is 1. The highest BCUT2D eigenvalue weighted by atomic mass is 35.5. The number of piperidine rings is 1. The maximum atomic E-state index is 14.1. The van der Waals surface area contributed by atoms with Crippen LogP contribution >= 0.6 is 11.6 Å². The van der Waals surface area contributed by atoms with Crippen molar-refractivity contribution in [1.82, 2.24) is 15.3 Å². The second-order valence-corrected chi connectivity index (χ2v) is 8.98. The van der Waals surface area contributed by atoms with Crippen molar-refractivity contribution in [2.45, 2.75) is 31.8 Å². The van der Waals surface area contributed by atoms with E-state index in [0.717, 1.165) is 44.1 Å².